The first-order valence-electron chi connectivity index (χ1n) is 5.55. The first kappa shape index (κ1) is 11.6. The summed E-state index contributed by atoms with van der Waals surface area (Å²) >= 11 is 0. The molecule has 0 radical (unpaired) electrons. The smallest absolute Gasteiger partial charge is 0.225 e. The van der Waals surface area contributed by atoms with Crippen molar-refractivity contribution < 1.29 is 0 Å². The van der Waals surface area contributed by atoms with Crippen molar-refractivity contribution in [3.63, 3.8) is 0 Å². The van der Waals surface area contributed by atoms with Crippen molar-refractivity contribution >= 4 is 5.95 Å². The Morgan fingerprint density at radius 1 is 1.29 bits per heavy atom. The molecule has 0 atom stereocenters. The molecule has 17 heavy (non-hydrogen) atoms. The van der Waals surface area contributed by atoms with E-state index in [1.165, 1.54) is 0 Å². The second-order valence-electron chi connectivity index (χ2n) is 4.25. The number of anilines is 1. The van der Waals surface area contributed by atoms with Crippen LogP contribution in [0.1, 0.15) is 17.1 Å². The molecule has 0 spiro atoms. The van der Waals surface area contributed by atoms with E-state index in [0.29, 0.717) is 6.54 Å². The summed E-state index contributed by atoms with van der Waals surface area (Å²) < 4.78 is 2.00. The fourth-order valence-corrected chi connectivity index (χ4v) is 1.53. The van der Waals surface area contributed by atoms with Crippen molar-refractivity contribution in [2.45, 2.75) is 20.4 Å². The average molecular weight is 231 g/mol. The van der Waals surface area contributed by atoms with Crippen molar-refractivity contribution in [1.29, 1.82) is 0 Å². The van der Waals surface area contributed by atoms with Gasteiger partial charge in [0.1, 0.15) is 5.82 Å². The molecule has 5 heteroatoms. The highest BCUT2D eigenvalue weighted by Crippen LogP contribution is 2.11. The van der Waals surface area contributed by atoms with Crippen LogP contribution >= 0.6 is 0 Å². The van der Waals surface area contributed by atoms with Crippen molar-refractivity contribution in [3.8, 4) is 0 Å². The van der Waals surface area contributed by atoms with Gasteiger partial charge >= 0.3 is 0 Å². The third-order valence-corrected chi connectivity index (χ3v) is 2.85. The van der Waals surface area contributed by atoms with Crippen molar-refractivity contribution in [3.05, 3.63) is 35.7 Å². The van der Waals surface area contributed by atoms with Gasteiger partial charge < -0.3 is 9.47 Å². The van der Waals surface area contributed by atoms with Gasteiger partial charge in [0.05, 0.1) is 6.54 Å². The first-order valence-corrected chi connectivity index (χ1v) is 5.55. The van der Waals surface area contributed by atoms with Gasteiger partial charge in [-0.25, -0.2) is 15.0 Å². The molecule has 0 bridgehead atoms. The second kappa shape index (κ2) is 4.53. The third-order valence-electron chi connectivity index (χ3n) is 2.85. The minimum absolute atomic E-state index is 0.700. The molecule has 2 rings (SSSR count). The van der Waals surface area contributed by atoms with Gasteiger partial charge in [-0.3, -0.25) is 0 Å². The van der Waals surface area contributed by atoms with Crippen LogP contribution in [-0.4, -0.2) is 26.6 Å². The van der Waals surface area contributed by atoms with Crippen LogP contribution in [0.2, 0.25) is 0 Å². The Balaban J connectivity index is 2.17. The molecule has 2 heterocycles. The fourth-order valence-electron chi connectivity index (χ4n) is 1.53. The Kier molecular flexibility index (Phi) is 3.08. The lowest BCUT2D eigenvalue weighted by Crippen LogP contribution is -2.21. The summed E-state index contributed by atoms with van der Waals surface area (Å²) in [5.74, 6) is 1.73. The van der Waals surface area contributed by atoms with Crippen LogP contribution in [0, 0.1) is 13.8 Å². The standard InChI is InChI=1S/C12H17N5/c1-9-7-14-12(15-10(9)2)17(4)8-11-13-5-6-16(11)3/h5-7H,8H2,1-4H3. The van der Waals surface area contributed by atoms with E-state index in [9.17, 15) is 0 Å². The highest BCUT2D eigenvalue weighted by atomic mass is 15.2. The van der Waals surface area contributed by atoms with Gasteiger partial charge in [-0.1, -0.05) is 0 Å². The Morgan fingerprint density at radius 3 is 2.65 bits per heavy atom. The van der Waals surface area contributed by atoms with Gasteiger partial charge in [0, 0.05) is 38.4 Å². The summed E-state index contributed by atoms with van der Waals surface area (Å²) in [6.07, 6.45) is 5.58. The normalized spacial score (nSPS) is 10.6. The zero-order chi connectivity index (χ0) is 12.4. The highest BCUT2D eigenvalue weighted by Gasteiger charge is 2.08. The van der Waals surface area contributed by atoms with E-state index >= 15 is 0 Å². The topological polar surface area (TPSA) is 46.8 Å². The van der Waals surface area contributed by atoms with Gasteiger partial charge in [0.25, 0.3) is 0 Å². The van der Waals surface area contributed by atoms with Crippen molar-refractivity contribution in [1.82, 2.24) is 19.5 Å². The number of aryl methyl sites for hydroxylation is 3. The molecular weight excluding hydrogens is 214 g/mol. The lowest BCUT2D eigenvalue weighted by molar-refractivity contribution is 0.744. The molecule has 5 nitrogen and oxygen atoms in total. The lowest BCUT2D eigenvalue weighted by Gasteiger charge is -2.17. The van der Waals surface area contributed by atoms with Gasteiger partial charge in [-0.05, 0) is 19.4 Å². The number of hydrogen-bond donors (Lipinski definition) is 0. The van der Waals surface area contributed by atoms with Crippen LogP contribution in [-0.2, 0) is 13.6 Å². The monoisotopic (exact) mass is 231 g/mol. The fraction of sp³-hybridized carbons (Fsp3) is 0.417. The number of imidazole rings is 1. The highest BCUT2D eigenvalue weighted by molar-refractivity contribution is 5.31. The molecule has 0 saturated heterocycles. The molecule has 2 aromatic heterocycles. The van der Waals surface area contributed by atoms with Crippen LogP contribution in [0.4, 0.5) is 5.95 Å². The lowest BCUT2D eigenvalue weighted by atomic mass is 10.3. The molecular formula is C12H17N5. The largest absolute Gasteiger partial charge is 0.337 e. The van der Waals surface area contributed by atoms with Crippen LogP contribution in [0.3, 0.4) is 0 Å². The molecule has 0 saturated carbocycles. The molecule has 0 N–H and O–H groups in total. The number of rotatable bonds is 3. The second-order valence-corrected chi connectivity index (χ2v) is 4.25. The Labute approximate surface area is 101 Å². The molecule has 0 aromatic carbocycles. The minimum Gasteiger partial charge on any atom is -0.337 e. The summed E-state index contributed by atoms with van der Waals surface area (Å²) in [7, 11) is 3.95. The van der Waals surface area contributed by atoms with Gasteiger partial charge in [-0.15, -0.1) is 0 Å². The van der Waals surface area contributed by atoms with Gasteiger partial charge in [-0.2, -0.15) is 0 Å². The van der Waals surface area contributed by atoms with Crippen LogP contribution in [0.15, 0.2) is 18.6 Å². The Bertz CT molecular complexity index is 517. The summed E-state index contributed by atoms with van der Waals surface area (Å²) in [5.41, 5.74) is 2.13. The average Bonchev–Trinajstić information content (AvgIpc) is 2.68. The van der Waals surface area contributed by atoms with E-state index in [1.54, 1.807) is 6.20 Å². The maximum atomic E-state index is 4.46. The Morgan fingerprint density at radius 2 is 2.06 bits per heavy atom. The van der Waals surface area contributed by atoms with Crippen LogP contribution in [0.25, 0.3) is 0 Å². The van der Waals surface area contributed by atoms with Crippen LogP contribution < -0.4 is 4.90 Å². The third kappa shape index (κ3) is 2.43. The quantitative estimate of drug-likeness (QED) is 0.802. The first-order chi connectivity index (χ1) is 8.08. The van der Waals surface area contributed by atoms with Crippen molar-refractivity contribution in [2.75, 3.05) is 11.9 Å². The van der Waals surface area contributed by atoms with E-state index < -0.39 is 0 Å². The van der Waals surface area contributed by atoms with Crippen LogP contribution in [0.5, 0.6) is 0 Å². The predicted molar refractivity (Wildman–Crippen MR) is 66.8 cm³/mol. The number of nitrogens with zero attached hydrogens (tertiary/aromatic N) is 5. The number of hydrogen-bond acceptors (Lipinski definition) is 4. The molecule has 0 unspecified atom stereocenters. The summed E-state index contributed by atoms with van der Waals surface area (Å²) in [5, 5.41) is 0. The summed E-state index contributed by atoms with van der Waals surface area (Å²) in [6.45, 7) is 4.71. The SMILES string of the molecule is Cc1cnc(N(C)Cc2nccn2C)nc1C. The molecule has 0 fully saturated rings. The zero-order valence-corrected chi connectivity index (χ0v) is 10.7. The van der Waals surface area contributed by atoms with E-state index in [2.05, 4.69) is 15.0 Å². The van der Waals surface area contributed by atoms with Gasteiger partial charge in [0.2, 0.25) is 5.95 Å². The Hall–Kier alpha value is -1.91. The molecule has 0 amide bonds. The molecule has 0 aliphatic rings. The van der Waals surface area contributed by atoms with E-state index in [4.69, 9.17) is 0 Å². The van der Waals surface area contributed by atoms with E-state index in [0.717, 1.165) is 23.0 Å². The molecule has 90 valence electrons. The van der Waals surface area contributed by atoms with Gasteiger partial charge in [0.15, 0.2) is 0 Å². The minimum atomic E-state index is 0.700. The van der Waals surface area contributed by atoms with E-state index in [1.807, 2.05) is 49.8 Å². The van der Waals surface area contributed by atoms with E-state index in [-0.39, 0.29) is 0 Å². The molecule has 2 aromatic rings. The maximum absolute atomic E-state index is 4.46. The molecule has 0 aliphatic heterocycles. The molecule has 0 aliphatic carbocycles. The number of aromatic nitrogens is 4. The zero-order valence-electron chi connectivity index (χ0n) is 10.7. The van der Waals surface area contributed by atoms with Crippen molar-refractivity contribution in [2.24, 2.45) is 7.05 Å². The summed E-state index contributed by atoms with van der Waals surface area (Å²) in [4.78, 5) is 15.1. The predicted octanol–water partition coefficient (Wildman–Crippen LogP) is 1.46. The summed E-state index contributed by atoms with van der Waals surface area (Å²) in [6, 6.07) is 0. The maximum Gasteiger partial charge on any atom is 0.225 e.